The van der Waals surface area contributed by atoms with Gasteiger partial charge < -0.3 is 10.4 Å². The highest BCUT2D eigenvalue weighted by Crippen LogP contribution is 2.41. The second-order valence-electron chi connectivity index (χ2n) is 4.54. The van der Waals surface area contributed by atoms with Crippen LogP contribution >= 0.6 is 0 Å². The Hall–Kier alpha value is -2.25. The second-order valence-corrected chi connectivity index (χ2v) is 4.54. The van der Waals surface area contributed by atoms with E-state index in [4.69, 9.17) is 0 Å². The molecule has 1 aliphatic rings. The van der Waals surface area contributed by atoms with E-state index in [9.17, 15) is 9.90 Å². The van der Waals surface area contributed by atoms with Gasteiger partial charge in [-0.15, -0.1) is 14.8 Å². The second kappa shape index (κ2) is 3.90. The molecule has 0 unspecified atom stereocenters. The third-order valence-electron chi connectivity index (χ3n) is 3.44. The highest BCUT2D eigenvalue weighted by Gasteiger charge is 2.44. The molecule has 2 aromatic heterocycles. The number of carboxylic acid groups (broad SMARTS) is 1. The lowest BCUT2D eigenvalue weighted by molar-refractivity contribution is -0.153. The Balaban J connectivity index is 1.74. The van der Waals surface area contributed by atoms with Gasteiger partial charge in [-0.1, -0.05) is 6.42 Å². The van der Waals surface area contributed by atoms with Gasteiger partial charge in [-0.25, -0.2) is 0 Å². The van der Waals surface area contributed by atoms with Crippen molar-refractivity contribution < 1.29 is 9.90 Å². The molecule has 0 radical (unpaired) electrons. The van der Waals surface area contributed by atoms with Crippen LogP contribution in [0.15, 0.2) is 12.1 Å². The standard InChI is InChI=1S/C10H12N6O2/c17-9(18)10(4-1-5-10)6-11-7-2-3-8-12-14-15-16(8)13-7/h2-3H,1,4-6H2,(H,11,13)(H,17,18). The van der Waals surface area contributed by atoms with E-state index in [2.05, 4.69) is 25.9 Å². The summed E-state index contributed by atoms with van der Waals surface area (Å²) in [5.41, 5.74) is -0.0887. The largest absolute Gasteiger partial charge is 0.481 e. The van der Waals surface area contributed by atoms with Gasteiger partial charge in [0.15, 0.2) is 5.65 Å². The minimum Gasteiger partial charge on any atom is -0.481 e. The number of carboxylic acids is 1. The van der Waals surface area contributed by atoms with Crippen molar-refractivity contribution in [2.24, 2.45) is 5.41 Å². The SMILES string of the molecule is O=C(O)C1(CNc2ccc3nnnn3n2)CCC1. The molecule has 1 aliphatic carbocycles. The summed E-state index contributed by atoms with van der Waals surface area (Å²) >= 11 is 0. The Morgan fingerprint density at radius 2 is 2.33 bits per heavy atom. The number of anilines is 1. The lowest BCUT2D eigenvalue weighted by Gasteiger charge is -2.37. The summed E-state index contributed by atoms with van der Waals surface area (Å²) in [6.07, 6.45) is 2.39. The van der Waals surface area contributed by atoms with Crippen LogP contribution in [0.2, 0.25) is 0 Å². The van der Waals surface area contributed by atoms with E-state index in [1.165, 1.54) is 4.63 Å². The molecule has 0 bridgehead atoms. The maximum Gasteiger partial charge on any atom is 0.311 e. The van der Waals surface area contributed by atoms with E-state index >= 15 is 0 Å². The summed E-state index contributed by atoms with van der Waals surface area (Å²) in [7, 11) is 0. The number of hydrogen-bond donors (Lipinski definition) is 2. The number of carbonyl (C=O) groups is 1. The topological polar surface area (TPSA) is 105 Å². The Morgan fingerprint density at radius 1 is 1.50 bits per heavy atom. The monoisotopic (exact) mass is 248 g/mol. The number of aromatic nitrogens is 5. The van der Waals surface area contributed by atoms with Gasteiger partial charge in [0.05, 0.1) is 5.41 Å². The molecular weight excluding hydrogens is 236 g/mol. The summed E-state index contributed by atoms with van der Waals surface area (Å²) < 4.78 is 1.30. The molecule has 0 saturated heterocycles. The molecule has 8 heteroatoms. The van der Waals surface area contributed by atoms with Crippen LogP contribution in [0.5, 0.6) is 0 Å². The van der Waals surface area contributed by atoms with Gasteiger partial charge in [-0.3, -0.25) is 4.79 Å². The third-order valence-corrected chi connectivity index (χ3v) is 3.44. The van der Waals surface area contributed by atoms with Gasteiger partial charge >= 0.3 is 5.97 Å². The van der Waals surface area contributed by atoms with Crippen molar-refractivity contribution in [3.63, 3.8) is 0 Å². The molecule has 0 atom stereocenters. The van der Waals surface area contributed by atoms with Crippen molar-refractivity contribution in [3.05, 3.63) is 12.1 Å². The van der Waals surface area contributed by atoms with Crippen LogP contribution in [0.25, 0.3) is 5.65 Å². The molecule has 0 aliphatic heterocycles. The minimum absolute atomic E-state index is 0.378. The van der Waals surface area contributed by atoms with Crippen LogP contribution in [0.1, 0.15) is 19.3 Å². The summed E-state index contributed by atoms with van der Waals surface area (Å²) in [5.74, 6) is -0.174. The Morgan fingerprint density at radius 3 is 3.00 bits per heavy atom. The number of rotatable bonds is 4. The first kappa shape index (κ1) is 10.9. The van der Waals surface area contributed by atoms with Gasteiger partial charge in [-0.2, -0.15) is 0 Å². The Bertz CT molecular complexity index is 591. The first-order valence-electron chi connectivity index (χ1n) is 5.72. The molecule has 3 rings (SSSR count). The summed E-state index contributed by atoms with van der Waals surface area (Å²) in [5, 5.41) is 27.3. The fraction of sp³-hybridized carbons (Fsp3) is 0.500. The van der Waals surface area contributed by atoms with Crippen molar-refractivity contribution in [1.29, 1.82) is 0 Å². The minimum atomic E-state index is -0.746. The molecule has 0 aromatic carbocycles. The van der Waals surface area contributed by atoms with Crippen LogP contribution in [-0.2, 0) is 4.79 Å². The number of aliphatic carboxylic acids is 1. The van der Waals surface area contributed by atoms with Crippen LogP contribution < -0.4 is 5.32 Å². The smallest absolute Gasteiger partial charge is 0.311 e. The highest BCUT2D eigenvalue weighted by atomic mass is 16.4. The molecule has 1 fully saturated rings. The molecule has 0 amide bonds. The fourth-order valence-corrected chi connectivity index (χ4v) is 2.07. The van der Waals surface area contributed by atoms with E-state index in [-0.39, 0.29) is 0 Å². The fourth-order valence-electron chi connectivity index (χ4n) is 2.07. The normalized spacial score (nSPS) is 17.3. The predicted molar refractivity (Wildman–Crippen MR) is 61.0 cm³/mol. The van der Waals surface area contributed by atoms with E-state index in [1.54, 1.807) is 12.1 Å². The average Bonchev–Trinajstić information content (AvgIpc) is 2.74. The first-order valence-corrected chi connectivity index (χ1v) is 5.72. The Kier molecular flexibility index (Phi) is 2.35. The average molecular weight is 248 g/mol. The summed E-state index contributed by atoms with van der Waals surface area (Å²) in [4.78, 5) is 11.2. The summed E-state index contributed by atoms with van der Waals surface area (Å²) in [6.45, 7) is 0.378. The molecule has 0 spiro atoms. The van der Waals surface area contributed by atoms with Gasteiger partial charge in [0.1, 0.15) is 5.82 Å². The lowest BCUT2D eigenvalue weighted by Crippen LogP contribution is -2.43. The van der Waals surface area contributed by atoms with Crippen molar-refractivity contribution in [1.82, 2.24) is 25.3 Å². The van der Waals surface area contributed by atoms with Gasteiger partial charge in [0.2, 0.25) is 0 Å². The maximum atomic E-state index is 11.2. The Labute approximate surface area is 102 Å². The third kappa shape index (κ3) is 1.66. The van der Waals surface area contributed by atoms with E-state index < -0.39 is 11.4 Å². The van der Waals surface area contributed by atoms with Crippen molar-refractivity contribution in [2.75, 3.05) is 11.9 Å². The number of tetrazole rings is 1. The van der Waals surface area contributed by atoms with Crippen LogP contribution in [-0.4, -0.2) is 42.9 Å². The number of nitrogens with zero attached hydrogens (tertiary/aromatic N) is 5. The quantitative estimate of drug-likeness (QED) is 0.795. The van der Waals surface area contributed by atoms with E-state index in [1.807, 2.05) is 0 Å². The molecule has 18 heavy (non-hydrogen) atoms. The zero-order chi connectivity index (χ0) is 12.6. The van der Waals surface area contributed by atoms with E-state index in [0.29, 0.717) is 30.9 Å². The number of fused-ring (bicyclic) bond motifs is 1. The molecule has 8 nitrogen and oxygen atoms in total. The predicted octanol–water partition coefficient (Wildman–Crippen LogP) is 0.186. The molecule has 2 heterocycles. The maximum absolute atomic E-state index is 11.2. The van der Waals surface area contributed by atoms with Gasteiger partial charge in [0.25, 0.3) is 0 Å². The van der Waals surface area contributed by atoms with Crippen LogP contribution in [0.3, 0.4) is 0 Å². The van der Waals surface area contributed by atoms with Gasteiger partial charge in [0, 0.05) is 6.54 Å². The molecule has 1 saturated carbocycles. The van der Waals surface area contributed by atoms with Crippen molar-refractivity contribution in [3.8, 4) is 0 Å². The van der Waals surface area contributed by atoms with Crippen molar-refractivity contribution in [2.45, 2.75) is 19.3 Å². The summed E-state index contributed by atoms with van der Waals surface area (Å²) in [6, 6.07) is 3.46. The lowest BCUT2D eigenvalue weighted by atomic mass is 9.69. The van der Waals surface area contributed by atoms with E-state index in [0.717, 1.165) is 6.42 Å². The highest BCUT2D eigenvalue weighted by molar-refractivity contribution is 5.76. The molecular formula is C10H12N6O2. The van der Waals surface area contributed by atoms with Crippen LogP contribution in [0.4, 0.5) is 5.82 Å². The van der Waals surface area contributed by atoms with Crippen LogP contribution in [0, 0.1) is 5.41 Å². The zero-order valence-electron chi connectivity index (χ0n) is 9.57. The van der Waals surface area contributed by atoms with Gasteiger partial charge in [-0.05, 0) is 35.4 Å². The molecule has 2 N–H and O–H groups in total. The number of nitrogens with one attached hydrogen (secondary N) is 1. The molecule has 94 valence electrons. The first-order chi connectivity index (χ1) is 8.70. The zero-order valence-corrected chi connectivity index (χ0v) is 9.57. The van der Waals surface area contributed by atoms with Crippen molar-refractivity contribution >= 4 is 17.4 Å². The molecule has 2 aromatic rings. The number of hydrogen-bond acceptors (Lipinski definition) is 6.